The van der Waals surface area contributed by atoms with Crippen LogP contribution in [0.15, 0.2) is 0 Å². The summed E-state index contributed by atoms with van der Waals surface area (Å²) in [6, 6.07) is 0. The SMILES string of the molecule is CCOCC(C)OCCCCCl. The van der Waals surface area contributed by atoms with E-state index in [1.165, 1.54) is 0 Å². The van der Waals surface area contributed by atoms with Gasteiger partial charge in [-0.05, 0) is 26.7 Å². The maximum atomic E-state index is 5.52. The van der Waals surface area contributed by atoms with Gasteiger partial charge in [-0.15, -0.1) is 11.6 Å². The summed E-state index contributed by atoms with van der Waals surface area (Å²) >= 11 is 5.52. The van der Waals surface area contributed by atoms with Gasteiger partial charge in [0.2, 0.25) is 0 Å². The summed E-state index contributed by atoms with van der Waals surface area (Å²) in [7, 11) is 0. The Morgan fingerprint density at radius 2 is 2.08 bits per heavy atom. The molecule has 0 amide bonds. The van der Waals surface area contributed by atoms with Crippen LogP contribution in [0.5, 0.6) is 0 Å². The molecule has 0 aliphatic heterocycles. The minimum Gasteiger partial charge on any atom is -0.379 e. The summed E-state index contributed by atoms with van der Waals surface area (Å²) in [6.45, 7) is 6.25. The van der Waals surface area contributed by atoms with E-state index in [0.29, 0.717) is 6.61 Å². The molecular weight excluding hydrogens is 176 g/mol. The van der Waals surface area contributed by atoms with E-state index in [4.69, 9.17) is 21.1 Å². The van der Waals surface area contributed by atoms with Gasteiger partial charge in [-0.1, -0.05) is 0 Å². The topological polar surface area (TPSA) is 18.5 Å². The van der Waals surface area contributed by atoms with Crippen molar-refractivity contribution in [3.05, 3.63) is 0 Å². The van der Waals surface area contributed by atoms with Crippen molar-refractivity contribution >= 4 is 11.6 Å². The quantitative estimate of drug-likeness (QED) is 0.437. The second-order valence-corrected chi connectivity index (χ2v) is 3.11. The van der Waals surface area contributed by atoms with Gasteiger partial charge in [0.15, 0.2) is 0 Å². The number of rotatable bonds is 8. The lowest BCUT2D eigenvalue weighted by Gasteiger charge is -2.12. The Labute approximate surface area is 80.2 Å². The van der Waals surface area contributed by atoms with E-state index in [-0.39, 0.29) is 6.10 Å². The first kappa shape index (κ1) is 12.2. The predicted octanol–water partition coefficient (Wildman–Crippen LogP) is 2.45. The molecule has 0 bridgehead atoms. The molecule has 0 N–H and O–H groups in total. The molecule has 2 nitrogen and oxygen atoms in total. The third-order valence-corrected chi connectivity index (χ3v) is 1.75. The minimum atomic E-state index is 0.209. The smallest absolute Gasteiger partial charge is 0.0780 e. The Morgan fingerprint density at radius 1 is 1.33 bits per heavy atom. The summed E-state index contributed by atoms with van der Waals surface area (Å²) in [6.07, 6.45) is 2.28. The van der Waals surface area contributed by atoms with Crippen molar-refractivity contribution in [2.24, 2.45) is 0 Å². The van der Waals surface area contributed by atoms with Crippen LogP contribution in [0.1, 0.15) is 26.7 Å². The normalized spacial score (nSPS) is 13.2. The maximum Gasteiger partial charge on any atom is 0.0780 e. The van der Waals surface area contributed by atoms with Crippen LogP contribution in [0.4, 0.5) is 0 Å². The Balaban J connectivity index is 3.02. The van der Waals surface area contributed by atoms with Crippen molar-refractivity contribution in [1.82, 2.24) is 0 Å². The summed E-state index contributed by atoms with van der Waals surface area (Å²) in [5.74, 6) is 0.725. The predicted molar refractivity (Wildman–Crippen MR) is 51.9 cm³/mol. The zero-order chi connectivity index (χ0) is 9.23. The lowest BCUT2D eigenvalue weighted by Crippen LogP contribution is -2.16. The van der Waals surface area contributed by atoms with Gasteiger partial charge in [0, 0.05) is 19.1 Å². The Hall–Kier alpha value is 0.210. The number of hydrogen-bond acceptors (Lipinski definition) is 2. The third-order valence-electron chi connectivity index (χ3n) is 1.49. The molecule has 0 fully saturated rings. The molecule has 0 aromatic heterocycles. The number of ether oxygens (including phenoxy) is 2. The van der Waals surface area contributed by atoms with Crippen molar-refractivity contribution in [1.29, 1.82) is 0 Å². The van der Waals surface area contributed by atoms with Crippen LogP contribution >= 0.6 is 11.6 Å². The van der Waals surface area contributed by atoms with Crippen LogP contribution in [-0.4, -0.2) is 31.8 Å². The van der Waals surface area contributed by atoms with Gasteiger partial charge < -0.3 is 9.47 Å². The van der Waals surface area contributed by atoms with Gasteiger partial charge in [-0.3, -0.25) is 0 Å². The highest BCUT2D eigenvalue weighted by atomic mass is 35.5. The van der Waals surface area contributed by atoms with Crippen LogP contribution in [0.2, 0.25) is 0 Å². The summed E-state index contributed by atoms with van der Waals surface area (Å²) in [5.41, 5.74) is 0. The first-order chi connectivity index (χ1) is 5.81. The van der Waals surface area contributed by atoms with Gasteiger partial charge >= 0.3 is 0 Å². The van der Waals surface area contributed by atoms with Crippen LogP contribution in [0.25, 0.3) is 0 Å². The molecule has 0 saturated carbocycles. The molecule has 0 heterocycles. The first-order valence-corrected chi connectivity index (χ1v) is 5.10. The van der Waals surface area contributed by atoms with Crippen molar-refractivity contribution in [2.75, 3.05) is 25.7 Å². The third kappa shape index (κ3) is 8.31. The molecule has 0 aromatic rings. The number of halogens is 1. The largest absolute Gasteiger partial charge is 0.379 e. The molecule has 74 valence electrons. The van der Waals surface area contributed by atoms with E-state index in [0.717, 1.165) is 31.9 Å². The fourth-order valence-electron chi connectivity index (χ4n) is 0.813. The van der Waals surface area contributed by atoms with E-state index in [2.05, 4.69) is 0 Å². The lowest BCUT2D eigenvalue weighted by atomic mass is 10.3. The van der Waals surface area contributed by atoms with Gasteiger partial charge in [-0.2, -0.15) is 0 Å². The fraction of sp³-hybridized carbons (Fsp3) is 1.00. The highest BCUT2D eigenvalue weighted by Crippen LogP contribution is 1.97. The molecule has 0 rings (SSSR count). The van der Waals surface area contributed by atoms with E-state index >= 15 is 0 Å². The molecule has 1 atom stereocenters. The zero-order valence-electron chi connectivity index (χ0n) is 8.01. The van der Waals surface area contributed by atoms with Crippen molar-refractivity contribution in [3.8, 4) is 0 Å². The Morgan fingerprint density at radius 3 is 2.67 bits per heavy atom. The Kier molecular flexibility index (Phi) is 9.46. The van der Waals surface area contributed by atoms with Crippen molar-refractivity contribution in [2.45, 2.75) is 32.8 Å². The molecule has 0 aliphatic rings. The zero-order valence-corrected chi connectivity index (χ0v) is 8.77. The average molecular weight is 195 g/mol. The highest BCUT2D eigenvalue weighted by molar-refractivity contribution is 6.17. The molecule has 0 aliphatic carbocycles. The first-order valence-electron chi connectivity index (χ1n) is 4.56. The van der Waals surface area contributed by atoms with Crippen LogP contribution in [0, 0.1) is 0 Å². The molecular formula is C9H19ClO2. The van der Waals surface area contributed by atoms with Gasteiger partial charge in [0.05, 0.1) is 12.7 Å². The van der Waals surface area contributed by atoms with Crippen LogP contribution in [-0.2, 0) is 9.47 Å². The average Bonchev–Trinajstić information content (AvgIpc) is 2.09. The maximum absolute atomic E-state index is 5.52. The standard InChI is InChI=1S/C9H19ClO2/c1-3-11-8-9(2)12-7-5-4-6-10/h9H,3-8H2,1-2H3. The number of hydrogen-bond donors (Lipinski definition) is 0. The van der Waals surface area contributed by atoms with Crippen LogP contribution < -0.4 is 0 Å². The summed E-state index contributed by atoms with van der Waals surface area (Å²) < 4.78 is 10.7. The van der Waals surface area contributed by atoms with E-state index < -0.39 is 0 Å². The number of alkyl halides is 1. The second-order valence-electron chi connectivity index (χ2n) is 2.74. The van der Waals surface area contributed by atoms with Crippen molar-refractivity contribution in [3.63, 3.8) is 0 Å². The fourth-order valence-corrected chi connectivity index (χ4v) is 1.00. The van der Waals surface area contributed by atoms with Crippen molar-refractivity contribution < 1.29 is 9.47 Å². The minimum absolute atomic E-state index is 0.209. The molecule has 3 heteroatoms. The monoisotopic (exact) mass is 194 g/mol. The summed E-state index contributed by atoms with van der Waals surface area (Å²) in [5, 5.41) is 0. The van der Waals surface area contributed by atoms with E-state index in [1.54, 1.807) is 0 Å². The van der Waals surface area contributed by atoms with Crippen LogP contribution in [0.3, 0.4) is 0 Å². The highest BCUT2D eigenvalue weighted by Gasteiger charge is 2.00. The molecule has 0 saturated heterocycles. The summed E-state index contributed by atoms with van der Waals surface area (Å²) in [4.78, 5) is 0. The molecule has 12 heavy (non-hydrogen) atoms. The van der Waals surface area contributed by atoms with Gasteiger partial charge in [0.25, 0.3) is 0 Å². The van der Waals surface area contributed by atoms with Gasteiger partial charge in [0.1, 0.15) is 0 Å². The van der Waals surface area contributed by atoms with Gasteiger partial charge in [-0.25, -0.2) is 0 Å². The van der Waals surface area contributed by atoms with E-state index in [1.807, 2.05) is 13.8 Å². The second kappa shape index (κ2) is 9.30. The Bertz CT molecular complexity index is 88.6. The molecule has 0 aromatic carbocycles. The molecule has 1 unspecified atom stereocenters. The number of unbranched alkanes of at least 4 members (excludes halogenated alkanes) is 1. The molecule has 0 spiro atoms. The molecule has 0 radical (unpaired) electrons. The lowest BCUT2D eigenvalue weighted by molar-refractivity contribution is -0.00413. The van der Waals surface area contributed by atoms with E-state index in [9.17, 15) is 0 Å².